The molecule has 1 heterocycles. The number of piperidine rings is 1. The van der Waals surface area contributed by atoms with Gasteiger partial charge in [-0.1, -0.05) is 25.7 Å². The molecule has 3 nitrogen and oxygen atoms in total. The van der Waals surface area contributed by atoms with Crippen molar-refractivity contribution < 1.29 is 0 Å². The molecule has 3 heteroatoms. The highest BCUT2D eigenvalue weighted by atomic mass is 15.5. The van der Waals surface area contributed by atoms with Crippen molar-refractivity contribution in [1.82, 2.24) is 10.4 Å². The number of rotatable bonds is 3. The summed E-state index contributed by atoms with van der Waals surface area (Å²) in [4.78, 5) is 0. The predicted octanol–water partition coefficient (Wildman–Crippen LogP) is 2.45. The molecule has 0 aromatic rings. The Morgan fingerprint density at radius 2 is 1.62 bits per heavy atom. The summed E-state index contributed by atoms with van der Waals surface area (Å²) in [5, 5.41) is 11.5. The minimum absolute atomic E-state index is 0.0541. The molecule has 1 unspecified atom stereocenters. The Bertz CT molecular complexity index is 234. The van der Waals surface area contributed by atoms with Crippen molar-refractivity contribution in [2.45, 2.75) is 57.4 Å². The summed E-state index contributed by atoms with van der Waals surface area (Å²) in [6, 6.07) is 2.52. The standard InChI is InChI=1S/C13H23N3/c14-11-13(12-7-3-1-4-8-12)15-16-9-5-2-6-10-16/h12-13,15H,1-10H2. The summed E-state index contributed by atoms with van der Waals surface area (Å²) < 4.78 is 0. The molecule has 2 aliphatic rings. The number of nitrogens with zero attached hydrogens (tertiary/aromatic N) is 2. The number of nitriles is 1. The summed E-state index contributed by atoms with van der Waals surface area (Å²) >= 11 is 0. The van der Waals surface area contributed by atoms with E-state index < -0.39 is 0 Å². The van der Waals surface area contributed by atoms with Crippen molar-refractivity contribution in [2.24, 2.45) is 5.92 Å². The number of nitrogens with one attached hydrogen (secondary N) is 1. The minimum atomic E-state index is 0.0541. The summed E-state index contributed by atoms with van der Waals surface area (Å²) in [6.07, 6.45) is 10.3. The van der Waals surface area contributed by atoms with E-state index in [9.17, 15) is 5.26 Å². The first-order valence-corrected chi connectivity index (χ1v) is 6.81. The van der Waals surface area contributed by atoms with Gasteiger partial charge in [0.1, 0.15) is 6.04 Å². The summed E-state index contributed by atoms with van der Waals surface area (Å²) in [6.45, 7) is 2.23. The van der Waals surface area contributed by atoms with E-state index in [2.05, 4.69) is 16.5 Å². The number of hydrogen-bond acceptors (Lipinski definition) is 3. The first-order chi connectivity index (χ1) is 7.90. The number of hydrazine groups is 1. The smallest absolute Gasteiger partial charge is 0.111 e. The molecule has 2 fully saturated rings. The molecule has 0 radical (unpaired) electrons. The van der Waals surface area contributed by atoms with Crippen molar-refractivity contribution in [3.8, 4) is 6.07 Å². The fourth-order valence-electron chi connectivity index (χ4n) is 2.93. The van der Waals surface area contributed by atoms with Crippen LogP contribution in [0.4, 0.5) is 0 Å². The van der Waals surface area contributed by atoms with E-state index in [0.717, 1.165) is 13.1 Å². The van der Waals surface area contributed by atoms with E-state index in [4.69, 9.17) is 0 Å². The van der Waals surface area contributed by atoms with Crippen LogP contribution in [0.25, 0.3) is 0 Å². The molecule has 90 valence electrons. The zero-order valence-corrected chi connectivity index (χ0v) is 10.1. The average molecular weight is 221 g/mol. The predicted molar refractivity (Wildman–Crippen MR) is 64.5 cm³/mol. The van der Waals surface area contributed by atoms with Crippen LogP contribution in [0, 0.1) is 17.2 Å². The third-order valence-corrected chi connectivity index (χ3v) is 3.94. The van der Waals surface area contributed by atoms with Gasteiger partial charge in [0.05, 0.1) is 6.07 Å². The molecule has 1 saturated carbocycles. The molecule has 1 aliphatic carbocycles. The maximum absolute atomic E-state index is 9.27. The van der Waals surface area contributed by atoms with E-state index in [1.54, 1.807) is 0 Å². The fraction of sp³-hybridized carbons (Fsp3) is 0.923. The van der Waals surface area contributed by atoms with E-state index in [0.29, 0.717) is 5.92 Å². The van der Waals surface area contributed by atoms with Crippen LogP contribution in [0.15, 0.2) is 0 Å². The van der Waals surface area contributed by atoms with Gasteiger partial charge in [-0.05, 0) is 31.6 Å². The van der Waals surface area contributed by atoms with Gasteiger partial charge in [-0.25, -0.2) is 10.4 Å². The van der Waals surface area contributed by atoms with Crippen LogP contribution in [0.2, 0.25) is 0 Å². The van der Waals surface area contributed by atoms with Gasteiger partial charge in [0.15, 0.2) is 0 Å². The van der Waals surface area contributed by atoms with Gasteiger partial charge in [-0.3, -0.25) is 0 Å². The highest BCUT2D eigenvalue weighted by Gasteiger charge is 2.25. The molecule has 1 N–H and O–H groups in total. The second-order valence-corrected chi connectivity index (χ2v) is 5.18. The van der Waals surface area contributed by atoms with Crippen LogP contribution in [0.5, 0.6) is 0 Å². The lowest BCUT2D eigenvalue weighted by molar-refractivity contribution is 0.115. The Hall–Kier alpha value is -0.590. The highest BCUT2D eigenvalue weighted by molar-refractivity contribution is 4.95. The molecule has 1 saturated heterocycles. The lowest BCUT2D eigenvalue weighted by Crippen LogP contribution is -2.49. The molecule has 0 amide bonds. The first kappa shape index (κ1) is 11.9. The zero-order valence-electron chi connectivity index (χ0n) is 10.1. The molecule has 16 heavy (non-hydrogen) atoms. The van der Waals surface area contributed by atoms with Gasteiger partial charge in [0.25, 0.3) is 0 Å². The number of hydrogen-bond donors (Lipinski definition) is 1. The van der Waals surface area contributed by atoms with E-state index in [-0.39, 0.29) is 6.04 Å². The lowest BCUT2D eigenvalue weighted by Gasteiger charge is -2.33. The fourth-order valence-corrected chi connectivity index (χ4v) is 2.93. The second kappa shape index (κ2) is 6.22. The quantitative estimate of drug-likeness (QED) is 0.795. The van der Waals surface area contributed by atoms with Gasteiger partial charge in [-0.15, -0.1) is 0 Å². The van der Waals surface area contributed by atoms with Crippen LogP contribution >= 0.6 is 0 Å². The molecule has 2 rings (SSSR count). The molecular weight excluding hydrogens is 198 g/mol. The van der Waals surface area contributed by atoms with Crippen molar-refractivity contribution in [3.63, 3.8) is 0 Å². The summed E-state index contributed by atoms with van der Waals surface area (Å²) in [5.74, 6) is 0.584. The van der Waals surface area contributed by atoms with Crippen LogP contribution < -0.4 is 5.43 Å². The second-order valence-electron chi connectivity index (χ2n) is 5.18. The van der Waals surface area contributed by atoms with Crippen LogP contribution in [0.1, 0.15) is 51.4 Å². The zero-order chi connectivity index (χ0) is 11.2. The average Bonchev–Trinajstić information content (AvgIpc) is 2.38. The topological polar surface area (TPSA) is 39.1 Å². The maximum Gasteiger partial charge on any atom is 0.111 e. The maximum atomic E-state index is 9.27. The molecule has 0 aromatic heterocycles. The van der Waals surface area contributed by atoms with Crippen molar-refractivity contribution in [1.29, 1.82) is 5.26 Å². The summed E-state index contributed by atoms with van der Waals surface area (Å²) in [7, 11) is 0. The third kappa shape index (κ3) is 3.20. The first-order valence-electron chi connectivity index (χ1n) is 6.81. The van der Waals surface area contributed by atoms with Gasteiger partial charge < -0.3 is 0 Å². The monoisotopic (exact) mass is 221 g/mol. The van der Waals surface area contributed by atoms with E-state index >= 15 is 0 Å². The van der Waals surface area contributed by atoms with Gasteiger partial charge >= 0.3 is 0 Å². The van der Waals surface area contributed by atoms with Gasteiger partial charge in [-0.2, -0.15) is 5.26 Å². The normalized spacial score (nSPS) is 26.2. The Morgan fingerprint density at radius 1 is 1.00 bits per heavy atom. The van der Waals surface area contributed by atoms with Gasteiger partial charge in [0.2, 0.25) is 0 Å². The Morgan fingerprint density at radius 3 is 2.25 bits per heavy atom. The largest absolute Gasteiger partial charge is 0.243 e. The molecule has 1 aliphatic heterocycles. The van der Waals surface area contributed by atoms with Crippen LogP contribution in [-0.2, 0) is 0 Å². The lowest BCUT2D eigenvalue weighted by atomic mass is 9.84. The van der Waals surface area contributed by atoms with E-state index in [1.165, 1.54) is 51.4 Å². The molecular formula is C13H23N3. The summed E-state index contributed by atoms with van der Waals surface area (Å²) in [5.41, 5.74) is 3.45. The minimum Gasteiger partial charge on any atom is -0.243 e. The Labute approximate surface area is 98.8 Å². The Kier molecular flexibility index (Phi) is 4.62. The van der Waals surface area contributed by atoms with Crippen LogP contribution in [-0.4, -0.2) is 24.1 Å². The molecule has 1 atom stereocenters. The highest BCUT2D eigenvalue weighted by Crippen LogP contribution is 2.26. The Balaban J connectivity index is 1.81. The van der Waals surface area contributed by atoms with Crippen molar-refractivity contribution in [2.75, 3.05) is 13.1 Å². The van der Waals surface area contributed by atoms with Crippen molar-refractivity contribution >= 4 is 0 Å². The van der Waals surface area contributed by atoms with Crippen molar-refractivity contribution in [3.05, 3.63) is 0 Å². The molecule has 0 spiro atoms. The third-order valence-electron chi connectivity index (χ3n) is 3.94. The SMILES string of the molecule is N#CC(NN1CCCCC1)C1CCCCC1. The van der Waals surface area contributed by atoms with Gasteiger partial charge in [0, 0.05) is 13.1 Å². The molecule has 0 bridgehead atoms. The van der Waals surface area contributed by atoms with E-state index in [1.807, 2.05) is 0 Å². The van der Waals surface area contributed by atoms with Crippen LogP contribution in [0.3, 0.4) is 0 Å². The molecule has 0 aromatic carbocycles.